The second kappa shape index (κ2) is 6.41. The highest BCUT2D eigenvalue weighted by molar-refractivity contribution is 7.08. The first-order chi connectivity index (χ1) is 11.1. The lowest BCUT2D eigenvalue weighted by Gasteiger charge is -2.06. The van der Waals surface area contributed by atoms with Gasteiger partial charge in [0.15, 0.2) is 5.69 Å². The third-order valence-electron chi connectivity index (χ3n) is 2.99. The SMILES string of the molecule is O=C(Nc1c[nH]nc1C(=O)Nc1ccc(F)cc1)c1ccsc1. The zero-order chi connectivity index (χ0) is 16.2. The number of benzene rings is 1. The van der Waals surface area contributed by atoms with Crippen LogP contribution in [-0.4, -0.2) is 22.0 Å². The largest absolute Gasteiger partial charge is 0.321 e. The van der Waals surface area contributed by atoms with Crippen LogP contribution < -0.4 is 10.6 Å². The third-order valence-corrected chi connectivity index (χ3v) is 3.67. The van der Waals surface area contributed by atoms with Crippen LogP contribution in [0, 0.1) is 5.82 Å². The molecule has 0 spiro atoms. The highest BCUT2D eigenvalue weighted by atomic mass is 32.1. The molecule has 116 valence electrons. The molecular formula is C15H11FN4O2S. The van der Waals surface area contributed by atoms with Gasteiger partial charge in [0.2, 0.25) is 0 Å². The molecule has 0 bridgehead atoms. The Morgan fingerprint density at radius 1 is 1.09 bits per heavy atom. The maximum atomic E-state index is 12.9. The number of nitrogens with zero attached hydrogens (tertiary/aromatic N) is 1. The average Bonchev–Trinajstić information content (AvgIpc) is 3.20. The summed E-state index contributed by atoms with van der Waals surface area (Å²) in [6, 6.07) is 7.02. The Balaban J connectivity index is 1.73. The average molecular weight is 330 g/mol. The normalized spacial score (nSPS) is 10.3. The number of aromatic nitrogens is 2. The van der Waals surface area contributed by atoms with Crippen molar-refractivity contribution in [1.29, 1.82) is 0 Å². The van der Waals surface area contributed by atoms with Gasteiger partial charge in [0.1, 0.15) is 5.82 Å². The highest BCUT2D eigenvalue weighted by Crippen LogP contribution is 2.17. The Morgan fingerprint density at radius 2 is 1.87 bits per heavy atom. The molecule has 23 heavy (non-hydrogen) atoms. The van der Waals surface area contributed by atoms with Gasteiger partial charge in [0.05, 0.1) is 11.3 Å². The lowest BCUT2D eigenvalue weighted by molar-refractivity contribution is 0.102. The zero-order valence-electron chi connectivity index (χ0n) is 11.7. The van der Waals surface area contributed by atoms with Crippen LogP contribution in [0.15, 0.2) is 47.3 Å². The lowest BCUT2D eigenvalue weighted by Crippen LogP contribution is -2.17. The van der Waals surface area contributed by atoms with Crippen molar-refractivity contribution < 1.29 is 14.0 Å². The fraction of sp³-hybridized carbons (Fsp3) is 0. The van der Waals surface area contributed by atoms with Gasteiger partial charge in [0, 0.05) is 17.3 Å². The van der Waals surface area contributed by atoms with E-state index in [-0.39, 0.29) is 17.3 Å². The first-order valence-electron chi connectivity index (χ1n) is 6.58. The summed E-state index contributed by atoms with van der Waals surface area (Å²) < 4.78 is 12.9. The number of hydrogen-bond donors (Lipinski definition) is 3. The van der Waals surface area contributed by atoms with E-state index in [1.165, 1.54) is 41.8 Å². The van der Waals surface area contributed by atoms with E-state index < -0.39 is 11.7 Å². The highest BCUT2D eigenvalue weighted by Gasteiger charge is 2.17. The van der Waals surface area contributed by atoms with Crippen molar-refractivity contribution in [1.82, 2.24) is 10.2 Å². The van der Waals surface area contributed by atoms with Crippen LogP contribution in [-0.2, 0) is 0 Å². The molecule has 0 saturated heterocycles. The third kappa shape index (κ3) is 3.43. The molecule has 0 radical (unpaired) electrons. The van der Waals surface area contributed by atoms with Gasteiger partial charge in [-0.1, -0.05) is 0 Å². The van der Waals surface area contributed by atoms with E-state index in [0.29, 0.717) is 11.3 Å². The number of nitrogens with one attached hydrogen (secondary N) is 3. The molecule has 0 aliphatic heterocycles. The predicted octanol–water partition coefficient (Wildman–Crippen LogP) is 3.11. The van der Waals surface area contributed by atoms with Crippen molar-refractivity contribution in [2.24, 2.45) is 0 Å². The van der Waals surface area contributed by atoms with Crippen molar-refractivity contribution in [2.45, 2.75) is 0 Å². The van der Waals surface area contributed by atoms with Gasteiger partial charge < -0.3 is 10.6 Å². The molecule has 0 fully saturated rings. The fourth-order valence-corrected chi connectivity index (χ4v) is 2.51. The molecule has 0 atom stereocenters. The van der Waals surface area contributed by atoms with E-state index in [1.807, 2.05) is 0 Å². The van der Waals surface area contributed by atoms with Crippen LogP contribution in [0.1, 0.15) is 20.8 Å². The summed E-state index contributed by atoms with van der Waals surface area (Å²) in [6.07, 6.45) is 1.42. The standard InChI is InChI=1S/C15H11FN4O2S/c16-10-1-3-11(4-2-10)18-15(22)13-12(7-17-20-13)19-14(21)9-5-6-23-8-9/h1-8H,(H,17,20)(H,18,22)(H,19,21). The van der Waals surface area contributed by atoms with Crippen molar-refractivity contribution in [2.75, 3.05) is 10.6 Å². The van der Waals surface area contributed by atoms with E-state index in [4.69, 9.17) is 0 Å². The molecule has 3 aromatic rings. The summed E-state index contributed by atoms with van der Waals surface area (Å²) in [5.74, 6) is -1.24. The van der Waals surface area contributed by atoms with Crippen molar-refractivity contribution in [3.05, 3.63) is 64.4 Å². The molecule has 8 heteroatoms. The fourth-order valence-electron chi connectivity index (χ4n) is 1.87. The minimum atomic E-state index is -0.515. The number of carbonyl (C=O) groups excluding carboxylic acids is 2. The van der Waals surface area contributed by atoms with Gasteiger partial charge >= 0.3 is 0 Å². The van der Waals surface area contributed by atoms with Gasteiger partial charge in [-0.15, -0.1) is 0 Å². The Hall–Kier alpha value is -3.00. The molecule has 3 rings (SSSR count). The van der Waals surface area contributed by atoms with Gasteiger partial charge in [-0.3, -0.25) is 14.7 Å². The van der Waals surface area contributed by atoms with Crippen LogP contribution in [0.2, 0.25) is 0 Å². The van der Waals surface area contributed by atoms with Crippen molar-refractivity contribution in [3.8, 4) is 0 Å². The van der Waals surface area contributed by atoms with Crippen LogP contribution in [0.25, 0.3) is 0 Å². The first-order valence-corrected chi connectivity index (χ1v) is 7.52. The molecule has 3 N–H and O–H groups in total. The van der Waals surface area contributed by atoms with E-state index in [9.17, 15) is 14.0 Å². The summed E-state index contributed by atoms with van der Waals surface area (Å²) in [4.78, 5) is 24.2. The zero-order valence-corrected chi connectivity index (χ0v) is 12.5. The van der Waals surface area contributed by atoms with Crippen LogP contribution in [0.4, 0.5) is 15.8 Å². The second-order valence-electron chi connectivity index (χ2n) is 4.57. The molecule has 0 unspecified atom stereocenters. The number of H-pyrrole nitrogens is 1. The van der Waals surface area contributed by atoms with E-state index >= 15 is 0 Å². The van der Waals surface area contributed by atoms with Crippen molar-refractivity contribution in [3.63, 3.8) is 0 Å². The first kappa shape index (κ1) is 14.9. The molecule has 0 aliphatic carbocycles. The monoisotopic (exact) mass is 330 g/mol. The number of anilines is 2. The van der Waals surface area contributed by atoms with Crippen LogP contribution in [0.3, 0.4) is 0 Å². The second-order valence-corrected chi connectivity index (χ2v) is 5.35. The van der Waals surface area contributed by atoms with E-state index in [0.717, 1.165) is 0 Å². The number of halogens is 1. The summed E-state index contributed by atoms with van der Waals surface area (Å²) in [6.45, 7) is 0. The van der Waals surface area contributed by atoms with Crippen LogP contribution >= 0.6 is 11.3 Å². The Bertz CT molecular complexity index is 828. The quantitative estimate of drug-likeness (QED) is 0.687. The number of amides is 2. The molecule has 2 aromatic heterocycles. The smallest absolute Gasteiger partial charge is 0.278 e. The Morgan fingerprint density at radius 3 is 2.57 bits per heavy atom. The topological polar surface area (TPSA) is 86.9 Å². The maximum Gasteiger partial charge on any atom is 0.278 e. The van der Waals surface area contributed by atoms with Crippen molar-refractivity contribution >= 4 is 34.5 Å². The molecule has 1 aromatic carbocycles. The van der Waals surface area contributed by atoms with Gasteiger partial charge in [-0.2, -0.15) is 16.4 Å². The summed E-state index contributed by atoms with van der Waals surface area (Å²) >= 11 is 1.40. The number of hydrogen-bond acceptors (Lipinski definition) is 4. The van der Waals surface area contributed by atoms with Gasteiger partial charge in [-0.05, 0) is 35.7 Å². The Labute approximate surface area is 134 Å². The van der Waals surface area contributed by atoms with Gasteiger partial charge in [0.25, 0.3) is 11.8 Å². The molecule has 2 heterocycles. The minimum absolute atomic E-state index is 0.0397. The maximum absolute atomic E-state index is 12.9. The van der Waals surface area contributed by atoms with E-state index in [2.05, 4.69) is 20.8 Å². The molecule has 0 aliphatic rings. The molecule has 2 amide bonds. The van der Waals surface area contributed by atoms with Crippen LogP contribution in [0.5, 0.6) is 0 Å². The Kier molecular flexibility index (Phi) is 4.15. The van der Waals surface area contributed by atoms with E-state index in [1.54, 1.807) is 16.8 Å². The summed E-state index contributed by atoms with van der Waals surface area (Å²) in [5.41, 5.74) is 1.23. The lowest BCUT2D eigenvalue weighted by atomic mass is 10.2. The number of rotatable bonds is 4. The molecule has 6 nitrogen and oxygen atoms in total. The molecule has 0 saturated carbocycles. The summed E-state index contributed by atoms with van der Waals surface area (Å²) in [5, 5.41) is 15.1. The number of aromatic amines is 1. The molecular weight excluding hydrogens is 319 g/mol. The van der Waals surface area contributed by atoms with Gasteiger partial charge in [-0.25, -0.2) is 4.39 Å². The number of carbonyl (C=O) groups is 2. The minimum Gasteiger partial charge on any atom is -0.321 e. The number of thiophene rings is 1. The predicted molar refractivity (Wildman–Crippen MR) is 85.2 cm³/mol. The summed E-state index contributed by atoms with van der Waals surface area (Å²) in [7, 11) is 0.